The third-order valence-electron chi connectivity index (χ3n) is 18.0. The maximum atomic E-state index is 13.1. The number of aliphatic hydroxyl groups is 1. The highest BCUT2D eigenvalue weighted by atomic mass is 31.2. The van der Waals surface area contributed by atoms with Crippen LogP contribution in [0.3, 0.4) is 0 Å². The maximum absolute atomic E-state index is 13.1. The first-order chi connectivity index (χ1) is 45.8. The second-order valence-electron chi connectivity index (χ2n) is 28.6. The summed E-state index contributed by atoms with van der Waals surface area (Å²) in [6.45, 7) is 11.9. The standard InChI is InChI=1S/C76H148O17P2/c1-8-10-11-12-13-28-35-43-50-57-73(78)86-64-72(93-76(81)60-53-46-39-38-42-49-56-69(7)9-2)66-91-95(84,85)89-62-70(77)61-88-94(82,83)90-65-71(63-87-74(79)58-51-44-36-31-26-22-19-18-21-25-30-34-41-48-55-68(5)6)92-75(80)59-52-45-37-32-27-23-17-15-14-16-20-24-29-33-40-47-54-67(3)4/h67-72,77H,8-66H2,1-7H3,(H,82,83)(H,84,85)/t69?,70-,71-,72-/m1/s1. The van der Waals surface area contributed by atoms with Gasteiger partial charge in [0.2, 0.25) is 0 Å². The van der Waals surface area contributed by atoms with E-state index in [-0.39, 0.29) is 25.7 Å². The Bertz CT molecular complexity index is 1850. The summed E-state index contributed by atoms with van der Waals surface area (Å²) in [7, 11) is -9.91. The van der Waals surface area contributed by atoms with Gasteiger partial charge in [-0.25, -0.2) is 9.13 Å². The molecular weight excluding hydrogens is 1250 g/mol. The number of hydrogen-bond acceptors (Lipinski definition) is 15. The fourth-order valence-electron chi connectivity index (χ4n) is 11.6. The van der Waals surface area contributed by atoms with Crippen molar-refractivity contribution in [2.75, 3.05) is 39.6 Å². The van der Waals surface area contributed by atoms with Crippen LogP contribution in [0.15, 0.2) is 0 Å². The minimum Gasteiger partial charge on any atom is -0.462 e. The molecule has 0 saturated heterocycles. The first-order valence-electron chi connectivity index (χ1n) is 39.4. The first-order valence-corrected chi connectivity index (χ1v) is 42.4. The van der Waals surface area contributed by atoms with Crippen molar-refractivity contribution in [3.05, 3.63) is 0 Å². The number of hydrogen-bond donors (Lipinski definition) is 3. The molecule has 0 aliphatic carbocycles. The predicted octanol–water partition coefficient (Wildman–Crippen LogP) is 22.2. The van der Waals surface area contributed by atoms with Crippen LogP contribution in [0.5, 0.6) is 0 Å². The minimum atomic E-state index is -4.96. The van der Waals surface area contributed by atoms with Crippen molar-refractivity contribution in [1.29, 1.82) is 0 Å². The van der Waals surface area contributed by atoms with Gasteiger partial charge in [-0.3, -0.25) is 37.3 Å². The molecule has 3 unspecified atom stereocenters. The number of ether oxygens (including phenoxy) is 4. The second kappa shape index (κ2) is 66.6. The van der Waals surface area contributed by atoms with E-state index >= 15 is 0 Å². The van der Waals surface area contributed by atoms with Gasteiger partial charge in [-0.1, -0.05) is 337 Å². The lowest BCUT2D eigenvalue weighted by Gasteiger charge is -2.21. The van der Waals surface area contributed by atoms with Gasteiger partial charge in [0.05, 0.1) is 26.4 Å². The van der Waals surface area contributed by atoms with Crippen LogP contribution in [0, 0.1) is 17.8 Å². The van der Waals surface area contributed by atoms with E-state index in [1.54, 1.807) is 0 Å². The highest BCUT2D eigenvalue weighted by Gasteiger charge is 2.30. The van der Waals surface area contributed by atoms with Crippen molar-refractivity contribution in [3.8, 4) is 0 Å². The van der Waals surface area contributed by atoms with Crippen LogP contribution in [0.1, 0.15) is 389 Å². The molecule has 0 radical (unpaired) electrons. The minimum absolute atomic E-state index is 0.103. The van der Waals surface area contributed by atoms with Gasteiger partial charge in [-0.15, -0.1) is 0 Å². The molecule has 0 aliphatic rings. The van der Waals surface area contributed by atoms with E-state index in [1.807, 2.05) is 0 Å². The lowest BCUT2D eigenvalue weighted by Crippen LogP contribution is -2.30. The number of phosphoric acid groups is 2. The van der Waals surface area contributed by atoms with Gasteiger partial charge in [0.25, 0.3) is 0 Å². The molecule has 0 heterocycles. The fraction of sp³-hybridized carbons (Fsp3) is 0.947. The van der Waals surface area contributed by atoms with E-state index in [4.69, 9.17) is 37.0 Å². The molecule has 0 aromatic carbocycles. The van der Waals surface area contributed by atoms with Gasteiger partial charge in [-0.05, 0) is 43.4 Å². The Morgan fingerprint density at radius 2 is 0.537 bits per heavy atom. The van der Waals surface area contributed by atoms with Gasteiger partial charge < -0.3 is 33.8 Å². The Labute approximate surface area is 581 Å². The molecule has 0 fully saturated rings. The molecule has 0 amide bonds. The third-order valence-corrected chi connectivity index (χ3v) is 19.9. The van der Waals surface area contributed by atoms with E-state index in [0.29, 0.717) is 25.7 Å². The summed E-state index contributed by atoms with van der Waals surface area (Å²) in [6, 6.07) is 0. The number of aliphatic hydroxyl groups excluding tert-OH is 1. The van der Waals surface area contributed by atoms with Crippen LogP contribution in [-0.2, 0) is 65.4 Å². The summed E-state index contributed by atoms with van der Waals surface area (Å²) in [5.74, 6) is 0.207. The van der Waals surface area contributed by atoms with Crippen LogP contribution in [0.25, 0.3) is 0 Å². The lowest BCUT2D eigenvalue weighted by atomic mass is 10.00. The highest BCUT2D eigenvalue weighted by Crippen LogP contribution is 2.45. The number of rotatable bonds is 74. The van der Waals surface area contributed by atoms with E-state index in [2.05, 4.69) is 48.5 Å². The fourth-order valence-corrected chi connectivity index (χ4v) is 13.1. The topological polar surface area (TPSA) is 237 Å². The summed E-state index contributed by atoms with van der Waals surface area (Å²) < 4.78 is 68.4. The van der Waals surface area contributed by atoms with Gasteiger partial charge in [0.15, 0.2) is 12.2 Å². The van der Waals surface area contributed by atoms with E-state index in [9.17, 15) is 43.2 Å². The van der Waals surface area contributed by atoms with Gasteiger partial charge in [-0.2, -0.15) is 0 Å². The zero-order chi connectivity index (χ0) is 70.1. The van der Waals surface area contributed by atoms with Crippen LogP contribution < -0.4 is 0 Å². The molecule has 0 saturated carbocycles. The molecule has 0 aliphatic heterocycles. The van der Waals surface area contributed by atoms with Gasteiger partial charge in [0, 0.05) is 25.7 Å². The molecule has 17 nitrogen and oxygen atoms in total. The third kappa shape index (κ3) is 69.0. The van der Waals surface area contributed by atoms with E-state index in [1.165, 1.54) is 199 Å². The smallest absolute Gasteiger partial charge is 0.462 e. The van der Waals surface area contributed by atoms with Crippen molar-refractivity contribution >= 4 is 39.5 Å². The number of esters is 4. The van der Waals surface area contributed by atoms with Gasteiger partial charge in [0.1, 0.15) is 19.3 Å². The Kier molecular flexibility index (Phi) is 65.2. The summed E-state index contributed by atoms with van der Waals surface area (Å²) in [5, 5.41) is 10.6. The van der Waals surface area contributed by atoms with Crippen molar-refractivity contribution in [1.82, 2.24) is 0 Å². The Hall–Kier alpha value is -1.94. The molecule has 95 heavy (non-hydrogen) atoms. The predicted molar refractivity (Wildman–Crippen MR) is 386 cm³/mol. The monoisotopic (exact) mass is 1400 g/mol. The van der Waals surface area contributed by atoms with Crippen molar-refractivity contribution in [2.45, 2.75) is 407 Å². The molecule has 0 rings (SSSR count). The van der Waals surface area contributed by atoms with Crippen molar-refractivity contribution in [3.63, 3.8) is 0 Å². The average Bonchev–Trinajstić information content (AvgIpc) is 1.38. The Morgan fingerprint density at radius 3 is 0.800 bits per heavy atom. The molecule has 0 bridgehead atoms. The molecule has 0 aromatic heterocycles. The first kappa shape index (κ1) is 93.1. The molecular formula is C76H148O17P2. The van der Waals surface area contributed by atoms with E-state index < -0.39 is 97.5 Å². The average molecular weight is 1400 g/mol. The molecule has 564 valence electrons. The molecule has 6 atom stereocenters. The molecule has 19 heteroatoms. The molecule has 3 N–H and O–H groups in total. The zero-order valence-corrected chi connectivity index (χ0v) is 63.9. The normalized spacial score (nSPS) is 14.4. The van der Waals surface area contributed by atoms with E-state index in [0.717, 1.165) is 108 Å². The number of phosphoric ester groups is 2. The summed E-state index contributed by atoms with van der Waals surface area (Å²) in [6.07, 6.45) is 52.8. The SMILES string of the molecule is CCCCCCCCCCCC(=O)OC[C@H](COP(=O)(O)OC[C@H](O)COP(=O)(O)OC[C@@H](COC(=O)CCCCCCCCCCCCCCCCC(C)C)OC(=O)CCCCCCCCCCCCCCCCCCC(C)C)OC(=O)CCCCCCCCC(C)CC. The second-order valence-corrected chi connectivity index (χ2v) is 31.5. The van der Waals surface area contributed by atoms with Crippen molar-refractivity contribution in [2.24, 2.45) is 17.8 Å². The van der Waals surface area contributed by atoms with Crippen molar-refractivity contribution < 1.29 is 80.2 Å². The molecule has 0 aromatic rings. The quantitative estimate of drug-likeness (QED) is 0.0222. The number of carbonyl (C=O) groups excluding carboxylic acids is 4. The van der Waals surface area contributed by atoms with Crippen LogP contribution in [-0.4, -0.2) is 96.7 Å². The summed E-state index contributed by atoms with van der Waals surface area (Å²) in [5.41, 5.74) is 0. The summed E-state index contributed by atoms with van der Waals surface area (Å²) in [4.78, 5) is 72.7. The van der Waals surface area contributed by atoms with Crippen LogP contribution in [0.2, 0.25) is 0 Å². The lowest BCUT2D eigenvalue weighted by molar-refractivity contribution is -0.161. The zero-order valence-electron chi connectivity index (χ0n) is 62.1. The highest BCUT2D eigenvalue weighted by molar-refractivity contribution is 7.47. The van der Waals surface area contributed by atoms with Crippen LogP contribution >= 0.6 is 15.6 Å². The maximum Gasteiger partial charge on any atom is 0.472 e. The Balaban J connectivity index is 5.21. The van der Waals surface area contributed by atoms with Crippen LogP contribution in [0.4, 0.5) is 0 Å². The number of carbonyl (C=O) groups is 4. The summed E-state index contributed by atoms with van der Waals surface area (Å²) >= 11 is 0. The number of unbranched alkanes of at least 4 members (excludes halogenated alkanes) is 41. The Morgan fingerprint density at radius 1 is 0.305 bits per heavy atom. The molecule has 0 spiro atoms. The van der Waals surface area contributed by atoms with Gasteiger partial charge >= 0.3 is 39.5 Å². The largest absolute Gasteiger partial charge is 0.472 e.